The first-order valence-electron chi connectivity index (χ1n) is 9.73. The number of nitrogens with zero attached hydrogens (tertiary/aromatic N) is 2. The lowest BCUT2D eigenvalue weighted by molar-refractivity contribution is -0.262. The van der Waals surface area contributed by atoms with Gasteiger partial charge in [-0.3, -0.25) is 24.0 Å². The van der Waals surface area contributed by atoms with E-state index in [1.165, 1.54) is 0 Å². The van der Waals surface area contributed by atoms with Gasteiger partial charge in [-0.1, -0.05) is 12.2 Å². The number of esters is 3. The molecule has 0 aromatic rings. The molecule has 12 nitrogen and oxygen atoms in total. The SMILES string of the molecule is CC(C)(C)C(=O)OCOC(=O)C1(N2OC[C@H](N(C=CF)C(=S)CC(N)=O)C2=O)CCC(=O)O1. The van der Waals surface area contributed by atoms with E-state index in [1.54, 1.807) is 20.8 Å². The molecule has 2 saturated heterocycles. The summed E-state index contributed by atoms with van der Waals surface area (Å²) in [5.41, 5.74) is 1.96. The summed E-state index contributed by atoms with van der Waals surface area (Å²) in [6.45, 7) is 3.56. The zero-order valence-electron chi connectivity index (χ0n) is 18.2. The molecule has 2 heterocycles. The Morgan fingerprint density at radius 2 is 2.00 bits per heavy atom. The fourth-order valence-electron chi connectivity index (χ4n) is 2.96. The van der Waals surface area contributed by atoms with Crippen LogP contribution in [0.1, 0.15) is 40.0 Å². The molecule has 0 spiro atoms. The number of amides is 2. The Kier molecular flexibility index (Phi) is 8.08. The van der Waals surface area contributed by atoms with E-state index < -0.39 is 66.7 Å². The smallest absolute Gasteiger partial charge is 0.377 e. The zero-order chi connectivity index (χ0) is 25.0. The first-order valence-corrected chi connectivity index (χ1v) is 10.1. The Bertz CT molecular complexity index is 888. The average Bonchev–Trinajstić information content (AvgIpc) is 3.28. The fraction of sp³-hybridized carbons (Fsp3) is 0.579. The van der Waals surface area contributed by atoms with Crippen molar-refractivity contribution in [3.63, 3.8) is 0 Å². The minimum absolute atomic E-state index is 0.0897. The highest BCUT2D eigenvalue weighted by atomic mass is 32.1. The summed E-state index contributed by atoms with van der Waals surface area (Å²) in [6.07, 6.45) is -0.0978. The molecule has 2 aliphatic rings. The van der Waals surface area contributed by atoms with E-state index in [1.807, 2.05) is 0 Å². The summed E-state index contributed by atoms with van der Waals surface area (Å²) in [5, 5.41) is 0.516. The van der Waals surface area contributed by atoms with E-state index in [9.17, 15) is 28.4 Å². The van der Waals surface area contributed by atoms with Crippen LogP contribution in [-0.4, -0.2) is 69.8 Å². The Hall–Kier alpha value is -3.13. The van der Waals surface area contributed by atoms with E-state index >= 15 is 0 Å². The van der Waals surface area contributed by atoms with Crippen LogP contribution < -0.4 is 5.73 Å². The lowest BCUT2D eigenvalue weighted by Crippen LogP contribution is -2.57. The van der Waals surface area contributed by atoms with Crippen molar-refractivity contribution >= 4 is 46.9 Å². The lowest BCUT2D eigenvalue weighted by Gasteiger charge is -2.33. The average molecular weight is 489 g/mol. The van der Waals surface area contributed by atoms with E-state index in [4.69, 9.17) is 37.0 Å². The van der Waals surface area contributed by atoms with Gasteiger partial charge in [-0.25, -0.2) is 9.18 Å². The summed E-state index contributed by atoms with van der Waals surface area (Å²) >= 11 is 5.05. The molecule has 0 aromatic carbocycles. The molecular formula is C19H24FN3O9S. The van der Waals surface area contributed by atoms with Crippen molar-refractivity contribution in [2.24, 2.45) is 11.1 Å². The Morgan fingerprint density at radius 1 is 1.33 bits per heavy atom. The first kappa shape index (κ1) is 26.1. The van der Waals surface area contributed by atoms with Crippen LogP contribution in [0.4, 0.5) is 4.39 Å². The van der Waals surface area contributed by atoms with Crippen LogP contribution in [0.25, 0.3) is 0 Å². The molecule has 2 amide bonds. The monoisotopic (exact) mass is 489 g/mol. The molecular weight excluding hydrogens is 465 g/mol. The van der Waals surface area contributed by atoms with E-state index in [0.717, 1.165) is 11.1 Å². The van der Waals surface area contributed by atoms with Gasteiger partial charge < -0.3 is 24.8 Å². The second kappa shape index (κ2) is 10.2. The summed E-state index contributed by atoms with van der Waals surface area (Å²) in [5.74, 6) is -4.40. The Labute approximate surface area is 193 Å². The third kappa shape index (κ3) is 5.82. The van der Waals surface area contributed by atoms with E-state index in [0.29, 0.717) is 5.06 Å². The van der Waals surface area contributed by atoms with Gasteiger partial charge in [0.2, 0.25) is 12.7 Å². The van der Waals surface area contributed by atoms with Gasteiger partial charge in [-0.15, -0.1) is 0 Å². The molecule has 2 N–H and O–H groups in total. The Balaban J connectivity index is 2.21. The molecule has 0 aromatic heterocycles. The Morgan fingerprint density at radius 3 is 2.52 bits per heavy atom. The number of hydrogen-bond donors (Lipinski definition) is 1. The topological polar surface area (TPSA) is 155 Å². The molecule has 2 fully saturated rings. The predicted molar refractivity (Wildman–Crippen MR) is 110 cm³/mol. The van der Waals surface area contributed by atoms with Crippen molar-refractivity contribution < 1.29 is 47.4 Å². The number of halogens is 1. The predicted octanol–water partition coefficient (Wildman–Crippen LogP) is 0.198. The van der Waals surface area contributed by atoms with Crippen LogP contribution in [0.15, 0.2) is 12.5 Å². The number of nitrogens with two attached hydrogens (primary N) is 1. The molecule has 2 aliphatic heterocycles. The maximum Gasteiger partial charge on any atom is 0.377 e. The van der Waals surface area contributed by atoms with Crippen molar-refractivity contribution in [2.75, 3.05) is 13.4 Å². The van der Waals surface area contributed by atoms with Crippen LogP contribution >= 0.6 is 12.2 Å². The van der Waals surface area contributed by atoms with Gasteiger partial charge in [-0.2, -0.15) is 5.06 Å². The maximum atomic E-state index is 13.1. The normalized spacial score (nSPS) is 22.9. The fourth-order valence-corrected chi connectivity index (χ4v) is 3.29. The third-order valence-electron chi connectivity index (χ3n) is 4.60. The van der Waals surface area contributed by atoms with Gasteiger partial charge in [0.1, 0.15) is 19.0 Å². The minimum Gasteiger partial charge on any atom is -0.427 e. The quantitative estimate of drug-likeness (QED) is 0.282. The number of carbonyl (C=O) groups is 5. The summed E-state index contributed by atoms with van der Waals surface area (Å²) in [4.78, 5) is 66.9. The number of carbonyl (C=O) groups excluding carboxylic acids is 5. The van der Waals surface area contributed by atoms with Gasteiger partial charge in [0.05, 0.1) is 23.2 Å². The van der Waals surface area contributed by atoms with Crippen molar-refractivity contribution in [2.45, 2.75) is 51.8 Å². The molecule has 2 rings (SSSR count). The third-order valence-corrected chi connectivity index (χ3v) is 4.96. The van der Waals surface area contributed by atoms with Crippen molar-refractivity contribution in [3.05, 3.63) is 12.5 Å². The lowest BCUT2D eigenvalue weighted by atomic mass is 9.98. The highest BCUT2D eigenvalue weighted by molar-refractivity contribution is 7.80. The van der Waals surface area contributed by atoms with Crippen LogP contribution in [0.3, 0.4) is 0 Å². The number of cyclic esters (lactones) is 1. The van der Waals surface area contributed by atoms with Crippen LogP contribution in [0, 0.1) is 5.41 Å². The largest absolute Gasteiger partial charge is 0.427 e. The molecule has 0 aliphatic carbocycles. The number of rotatable bonds is 8. The molecule has 0 radical (unpaired) electrons. The molecule has 182 valence electrons. The molecule has 1 unspecified atom stereocenters. The molecule has 14 heteroatoms. The first-order chi connectivity index (χ1) is 15.3. The highest BCUT2D eigenvalue weighted by Crippen LogP contribution is 2.36. The van der Waals surface area contributed by atoms with Gasteiger partial charge in [0, 0.05) is 12.6 Å². The van der Waals surface area contributed by atoms with Crippen LogP contribution in [0.5, 0.6) is 0 Å². The van der Waals surface area contributed by atoms with Gasteiger partial charge in [0.15, 0.2) is 0 Å². The summed E-state index contributed by atoms with van der Waals surface area (Å²) in [7, 11) is 0. The number of hydrogen-bond acceptors (Lipinski definition) is 10. The van der Waals surface area contributed by atoms with Crippen LogP contribution in [0.2, 0.25) is 0 Å². The second-order valence-corrected chi connectivity index (χ2v) is 8.62. The van der Waals surface area contributed by atoms with E-state index in [-0.39, 0.29) is 24.2 Å². The molecule has 0 saturated carbocycles. The number of thiocarbonyl (C=S) groups is 1. The standard InChI is InChI=1S/C19H24FN3O9S/c1-18(2,3)16(27)29-10-30-17(28)19(5-4-14(25)32-19)23-15(26)11(9-31-23)22(7-6-20)13(33)8-12(21)24/h6-7,11H,4-5,8-10H2,1-3H3,(H2,21,24)/t11-,19?/m0/s1. The summed E-state index contributed by atoms with van der Waals surface area (Å²) < 4.78 is 27.8. The molecule has 33 heavy (non-hydrogen) atoms. The van der Waals surface area contributed by atoms with Crippen molar-refractivity contribution in [3.8, 4) is 0 Å². The van der Waals surface area contributed by atoms with Gasteiger partial charge >= 0.3 is 23.6 Å². The van der Waals surface area contributed by atoms with E-state index in [2.05, 4.69) is 0 Å². The van der Waals surface area contributed by atoms with Gasteiger partial charge in [-0.05, 0) is 20.8 Å². The number of primary amides is 1. The maximum absolute atomic E-state index is 13.1. The second-order valence-electron chi connectivity index (χ2n) is 8.15. The highest BCUT2D eigenvalue weighted by Gasteiger charge is 2.60. The minimum atomic E-state index is -2.28. The van der Waals surface area contributed by atoms with Crippen molar-refractivity contribution in [1.29, 1.82) is 0 Å². The summed E-state index contributed by atoms with van der Waals surface area (Å²) in [6, 6.07) is -1.29. The van der Waals surface area contributed by atoms with Gasteiger partial charge in [0.25, 0.3) is 5.91 Å². The number of hydroxylamine groups is 2. The molecule has 0 bridgehead atoms. The van der Waals surface area contributed by atoms with Crippen LogP contribution in [-0.2, 0) is 43.0 Å². The molecule has 2 atom stereocenters. The number of ether oxygens (including phenoxy) is 3. The van der Waals surface area contributed by atoms with Crippen molar-refractivity contribution in [1.82, 2.24) is 9.96 Å². The zero-order valence-corrected chi connectivity index (χ0v) is 19.0.